The predicted octanol–water partition coefficient (Wildman–Crippen LogP) is 5.66. The fraction of sp³-hybridized carbons (Fsp3) is 0.125. The van der Waals surface area contributed by atoms with Gasteiger partial charge in [-0.05, 0) is 34.4 Å². The van der Waals surface area contributed by atoms with Gasteiger partial charge in [-0.15, -0.1) is 0 Å². The predicted molar refractivity (Wildman–Crippen MR) is 120 cm³/mol. The molecule has 0 saturated heterocycles. The van der Waals surface area contributed by atoms with Gasteiger partial charge >= 0.3 is 6.03 Å². The second-order valence-corrected chi connectivity index (χ2v) is 6.72. The lowest BCUT2D eigenvalue weighted by atomic mass is 10.0. The highest BCUT2D eigenvalue weighted by atomic mass is 16.5. The number of benzene rings is 4. The smallest absolute Gasteiger partial charge is 0.323 e. The molecule has 0 aliphatic heterocycles. The Hall–Kier alpha value is -3.93. The molecular formula is C24H22N2O4. The molecular weight excluding hydrogens is 380 g/mol. The molecule has 6 nitrogen and oxygen atoms in total. The van der Waals surface area contributed by atoms with E-state index in [-0.39, 0.29) is 6.03 Å². The molecule has 2 N–H and O–H groups in total. The zero-order valence-electron chi connectivity index (χ0n) is 17.0. The fourth-order valence-electron chi connectivity index (χ4n) is 3.51. The number of urea groups is 1. The largest absolute Gasteiger partial charge is 0.493 e. The lowest BCUT2D eigenvalue weighted by Crippen LogP contribution is -2.19. The number of carbonyl (C=O) groups excluding carboxylic acids is 1. The standard InChI is InChI=1S/C24H22N2O4/c1-28-21-13-18(14-22(29-2)23(21)30-3)25-24(27)26-20-10-6-9-17-11-15-7-4-5-8-16(15)12-19(17)20/h4-14H,1-3H3,(H2,25,26,27). The maximum atomic E-state index is 12.7. The number of ether oxygens (including phenoxy) is 3. The van der Waals surface area contributed by atoms with Crippen molar-refractivity contribution >= 4 is 39.0 Å². The van der Waals surface area contributed by atoms with Gasteiger partial charge in [0.05, 0.1) is 32.7 Å². The Balaban J connectivity index is 1.63. The highest BCUT2D eigenvalue weighted by Gasteiger charge is 2.15. The lowest BCUT2D eigenvalue weighted by Gasteiger charge is -2.15. The van der Waals surface area contributed by atoms with E-state index < -0.39 is 0 Å². The molecule has 30 heavy (non-hydrogen) atoms. The SMILES string of the molecule is COc1cc(NC(=O)Nc2cccc3cc4ccccc4cc23)cc(OC)c1OC. The summed E-state index contributed by atoms with van der Waals surface area (Å²) in [4.78, 5) is 12.7. The third kappa shape index (κ3) is 3.67. The summed E-state index contributed by atoms with van der Waals surface area (Å²) < 4.78 is 16.0. The average molecular weight is 402 g/mol. The second-order valence-electron chi connectivity index (χ2n) is 6.72. The number of hydrogen-bond acceptors (Lipinski definition) is 4. The summed E-state index contributed by atoms with van der Waals surface area (Å²) in [5.74, 6) is 1.39. The monoisotopic (exact) mass is 402 g/mol. The number of fused-ring (bicyclic) bond motifs is 2. The summed E-state index contributed by atoms with van der Waals surface area (Å²) in [6, 6.07) is 21.2. The van der Waals surface area contributed by atoms with Crippen LogP contribution < -0.4 is 24.8 Å². The van der Waals surface area contributed by atoms with Crippen LogP contribution in [0.1, 0.15) is 0 Å². The molecule has 0 aliphatic rings. The van der Waals surface area contributed by atoms with Gasteiger partial charge in [-0.25, -0.2) is 4.79 Å². The van der Waals surface area contributed by atoms with Crippen LogP contribution in [-0.2, 0) is 0 Å². The van der Waals surface area contributed by atoms with Crippen molar-refractivity contribution in [2.75, 3.05) is 32.0 Å². The minimum atomic E-state index is -0.370. The Morgan fingerprint density at radius 3 is 1.97 bits per heavy atom. The van der Waals surface area contributed by atoms with Crippen LogP contribution in [0.25, 0.3) is 21.5 Å². The zero-order chi connectivity index (χ0) is 21.1. The highest BCUT2D eigenvalue weighted by Crippen LogP contribution is 2.40. The molecule has 0 unspecified atom stereocenters. The quantitative estimate of drug-likeness (QED) is 0.423. The van der Waals surface area contributed by atoms with Crippen LogP contribution in [-0.4, -0.2) is 27.4 Å². The molecule has 2 amide bonds. The fourth-order valence-corrected chi connectivity index (χ4v) is 3.51. The molecule has 0 aromatic heterocycles. The molecule has 0 heterocycles. The first kappa shape index (κ1) is 19.4. The summed E-state index contributed by atoms with van der Waals surface area (Å²) in [6.07, 6.45) is 0. The molecule has 0 radical (unpaired) electrons. The number of carbonyl (C=O) groups is 1. The van der Waals surface area contributed by atoms with E-state index >= 15 is 0 Å². The number of nitrogens with one attached hydrogen (secondary N) is 2. The van der Waals surface area contributed by atoms with Crippen LogP contribution in [0.4, 0.5) is 16.2 Å². The van der Waals surface area contributed by atoms with E-state index in [2.05, 4.69) is 34.9 Å². The number of rotatable bonds is 5. The van der Waals surface area contributed by atoms with E-state index in [0.29, 0.717) is 22.9 Å². The zero-order valence-corrected chi connectivity index (χ0v) is 17.0. The Morgan fingerprint density at radius 1 is 0.700 bits per heavy atom. The van der Waals surface area contributed by atoms with Crippen LogP contribution >= 0.6 is 0 Å². The first-order chi connectivity index (χ1) is 14.6. The van der Waals surface area contributed by atoms with Gasteiger partial charge < -0.3 is 24.8 Å². The van der Waals surface area contributed by atoms with E-state index in [1.807, 2.05) is 30.3 Å². The molecule has 0 spiro atoms. The lowest BCUT2D eigenvalue weighted by molar-refractivity contribution is 0.262. The van der Waals surface area contributed by atoms with Gasteiger partial charge in [0.2, 0.25) is 5.75 Å². The van der Waals surface area contributed by atoms with E-state index in [1.165, 1.54) is 21.3 Å². The van der Waals surface area contributed by atoms with Crippen LogP contribution in [0.3, 0.4) is 0 Å². The Kier molecular flexibility index (Phi) is 5.30. The Labute approximate surface area is 174 Å². The van der Waals surface area contributed by atoms with Crippen LogP contribution in [0, 0.1) is 0 Å². The molecule has 4 aromatic rings. The number of hydrogen-bond donors (Lipinski definition) is 2. The van der Waals surface area contributed by atoms with Crippen molar-refractivity contribution in [3.05, 3.63) is 66.7 Å². The first-order valence-corrected chi connectivity index (χ1v) is 9.42. The molecule has 0 bridgehead atoms. The molecule has 4 aromatic carbocycles. The van der Waals surface area contributed by atoms with Gasteiger partial charge in [0, 0.05) is 17.5 Å². The van der Waals surface area contributed by atoms with Crippen molar-refractivity contribution in [1.82, 2.24) is 0 Å². The van der Waals surface area contributed by atoms with Gasteiger partial charge in [0.1, 0.15) is 0 Å². The van der Waals surface area contributed by atoms with Crippen molar-refractivity contribution < 1.29 is 19.0 Å². The second kappa shape index (κ2) is 8.21. The first-order valence-electron chi connectivity index (χ1n) is 9.42. The summed E-state index contributed by atoms with van der Waals surface area (Å²) in [5, 5.41) is 10.1. The van der Waals surface area contributed by atoms with Gasteiger partial charge in [-0.2, -0.15) is 0 Å². The minimum Gasteiger partial charge on any atom is -0.493 e. The average Bonchev–Trinajstić information content (AvgIpc) is 2.77. The third-order valence-electron chi connectivity index (χ3n) is 4.92. The summed E-state index contributed by atoms with van der Waals surface area (Å²) in [5.41, 5.74) is 1.25. The maximum Gasteiger partial charge on any atom is 0.323 e. The molecule has 0 saturated carbocycles. The number of amides is 2. The van der Waals surface area contributed by atoms with E-state index in [0.717, 1.165) is 27.2 Å². The van der Waals surface area contributed by atoms with Gasteiger partial charge in [0.15, 0.2) is 11.5 Å². The van der Waals surface area contributed by atoms with E-state index in [9.17, 15) is 4.79 Å². The van der Waals surface area contributed by atoms with Crippen molar-refractivity contribution in [2.45, 2.75) is 0 Å². The molecule has 4 rings (SSSR count). The topological polar surface area (TPSA) is 68.8 Å². The van der Waals surface area contributed by atoms with Crippen molar-refractivity contribution in [2.24, 2.45) is 0 Å². The number of methoxy groups -OCH3 is 3. The Morgan fingerprint density at radius 2 is 1.33 bits per heavy atom. The molecule has 0 fully saturated rings. The molecule has 152 valence electrons. The van der Waals surface area contributed by atoms with Crippen LogP contribution in [0.2, 0.25) is 0 Å². The third-order valence-corrected chi connectivity index (χ3v) is 4.92. The molecule has 6 heteroatoms. The van der Waals surface area contributed by atoms with Gasteiger partial charge in [-0.3, -0.25) is 0 Å². The van der Waals surface area contributed by atoms with Gasteiger partial charge in [0.25, 0.3) is 0 Å². The molecule has 0 aliphatic carbocycles. The van der Waals surface area contributed by atoms with E-state index in [4.69, 9.17) is 14.2 Å². The van der Waals surface area contributed by atoms with Gasteiger partial charge in [-0.1, -0.05) is 36.4 Å². The summed E-state index contributed by atoms with van der Waals surface area (Å²) in [6.45, 7) is 0. The summed E-state index contributed by atoms with van der Waals surface area (Å²) in [7, 11) is 4.59. The van der Waals surface area contributed by atoms with Crippen LogP contribution in [0.15, 0.2) is 66.7 Å². The Bertz CT molecular complexity index is 1210. The minimum absolute atomic E-state index is 0.370. The number of anilines is 2. The van der Waals surface area contributed by atoms with Crippen molar-refractivity contribution in [1.29, 1.82) is 0 Å². The maximum absolute atomic E-state index is 12.7. The van der Waals surface area contributed by atoms with Crippen molar-refractivity contribution in [3.63, 3.8) is 0 Å². The van der Waals surface area contributed by atoms with Crippen LogP contribution in [0.5, 0.6) is 17.2 Å². The van der Waals surface area contributed by atoms with Crippen molar-refractivity contribution in [3.8, 4) is 17.2 Å². The van der Waals surface area contributed by atoms with E-state index in [1.54, 1.807) is 12.1 Å². The normalized spacial score (nSPS) is 10.6. The molecule has 0 atom stereocenters. The highest BCUT2D eigenvalue weighted by molar-refractivity contribution is 6.09. The summed E-state index contributed by atoms with van der Waals surface area (Å²) >= 11 is 0.